The minimum atomic E-state index is 0.177. The summed E-state index contributed by atoms with van der Waals surface area (Å²) in [5, 5.41) is 12.1. The van der Waals surface area contributed by atoms with Gasteiger partial charge in [-0.05, 0) is 32.7 Å². The summed E-state index contributed by atoms with van der Waals surface area (Å²) in [5.74, 6) is 0.930. The molecular weight excluding hydrogens is 138 g/mol. The molecule has 1 saturated carbocycles. The van der Waals surface area contributed by atoms with Gasteiger partial charge in [0.1, 0.15) is 0 Å². The van der Waals surface area contributed by atoms with Gasteiger partial charge >= 0.3 is 0 Å². The number of hydrogen-bond acceptors (Lipinski definition) is 2. The number of rotatable bonds is 5. The molecular formula is C9H19NO. The van der Waals surface area contributed by atoms with Crippen molar-refractivity contribution in [3.05, 3.63) is 0 Å². The first-order valence-electron chi connectivity index (χ1n) is 4.50. The molecule has 0 bridgehead atoms. The monoisotopic (exact) mass is 157 g/mol. The average molecular weight is 157 g/mol. The van der Waals surface area contributed by atoms with Gasteiger partial charge in [0.05, 0.1) is 0 Å². The fraction of sp³-hybridized carbons (Fsp3) is 1.00. The van der Waals surface area contributed by atoms with E-state index in [0.717, 1.165) is 12.3 Å². The van der Waals surface area contributed by atoms with Crippen molar-refractivity contribution in [2.24, 2.45) is 5.92 Å². The molecule has 11 heavy (non-hydrogen) atoms. The first-order valence-corrected chi connectivity index (χ1v) is 4.50. The molecule has 1 rings (SSSR count). The third kappa shape index (κ3) is 2.80. The highest BCUT2D eigenvalue weighted by Crippen LogP contribution is 2.37. The van der Waals surface area contributed by atoms with Crippen molar-refractivity contribution in [1.82, 2.24) is 5.32 Å². The molecule has 0 spiro atoms. The third-order valence-electron chi connectivity index (χ3n) is 2.70. The molecule has 0 aliphatic heterocycles. The highest BCUT2D eigenvalue weighted by atomic mass is 16.3. The largest absolute Gasteiger partial charge is 0.396 e. The van der Waals surface area contributed by atoms with E-state index in [2.05, 4.69) is 12.2 Å². The van der Waals surface area contributed by atoms with E-state index in [1.807, 2.05) is 7.05 Å². The Labute approximate surface area is 69.0 Å². The highest BCUT2D eigenvalue weighted by Gasteiger charge is 2.31. The quantitative estimate of drug-likeness (QED) is 0.627. The molecule has 1 unspecified atom stereocenters. The van der Waals surface area contributed by atoms with Gasteiger partial charge in [0, 0.05) is 12.1 Å². The topological polar surface area (TPSA) is 32.3 Å². The molecule has 1 aliphatic carbocycles. The van der Waals surface area contributed by atoms with Gasteiger partial charge in [-0.1, -0.05) is 12.8 Å². The van der Waals surface area contributed by atoms with E-state index in [9.17, 15) is 0 Å². The Kier molecular flexibility index (Phi) is 2.90. The summed E-state index contributed by atoms with van der Waals surface area (Å²) in [4.78, 5) is 0. The van der Waals surface area contributed by atoms with Crippen LogP contribution in [-0.4, -0.2) is 24.3 Å². The lowest BCUT2D eigenvalue weighted by atomic mass is 9.92. The van der Waals surface area contributed by atoms with Crippen LogP contribution in [0.2, 0.25) is 0 Å². The first kappa shape index (κ1) is 9.01. The van der Waals surface area contributed by atoms with E-state index in [0.29, 0.717) is 6.61 Å². The Bertz CT molecular complexity index is 123. The number of hydrogen-bond donors (Lipinski definition) is 2. The van der Waals surface area contributed by atoms with Crippen molar-refractivity contribution in [1.29, 1.82) is 0 Å². The number of aliphatic hydroxyl groups excluding tert-OH is 1. The van der Waals surface area contributed by atoms with Crippen molar-refractivity contribution in [2.75, 3.05) is 13.7 Å². The molecule has 0 radical (unpaired) electrons. The summed E-state index contributed by atoms with van der Waals surface area (Å²) in [6.45, 7) is 2.49. The molecule has 1 atom stereocenters. The Morgan fingerprint density at radius 2 is 2.18 bits per heavy atom. The van der Waals surface area contributed by atoms with Gasteiger partial charge in [0.2, 0.25) is 0 Å². The SMILES string of the molecule is CNC(C)(CCO)CC1CC1. The molecule has 1 fully saturated rings. The van der Waals surface area contributed by atoms with E-state index in [4.69, 9.17) is 5.11 Å². The highest BCUT2D eigenvalue weighted by molar-refractivity contribution is 4.88. The third-order valence-corrected chi connectivity index (χ3v) is 2.70. The van der Waals surface area contributed by atoms with Crippen molar-refractivity contribution in [3.63, 3.8) is 0 Å². The maximum atomic E-state index is 8.83. The van der Waals surface area contributed by atoms with Crippen LogP contribution < -0.4 is 5.32 Å². The zero-order valence-corrected chi connectivity index (χ0v) is 7.56. The molecule has 2 heteroatoms. The fourth-order valence-corrected chi connectivity index (χ4v) is 1.53. The molecule has 0 aromatic heterocycles. The normalized spacial score (nSPS) is 23.2. The smallest absolute Gasteiger partial charge is 0.0448 e. The average Bonchev–Trinajstić information content (AvgIpc) is 2.73. The second-order valence-electron chi connectivity index (χ2n) is 3.93. The molecule has 0 aromatic carbocycles. The van der Waals surface area contributed by atoms with Crippen molar-refractivity contribution < 1.29 is 5.11 Å². The van der Waals surface area contributed by atoms with E-state index in [1.54, 1.807) is 0 Å². The van der Waals surface area contributed by atoms with Crippen LogP contribution >= 0.6 is 0 Å². The standard InChI is InChI=1S/C9H19NO/c1-9(10-2,5-6-11)7-8-3-4-8/h8,10-11H,3-7H2,1-2H3. The Hall–Kier alpha value is -0.0800. The van der Waals surface area contributed by atoms with Crippen LogP contribution in [0.15, 0.2) is 0 Å². The van der Waals surface area contributed by atoms with E-state index in [1.165, 1.54) is 19.3 Å². The summed E-state index contributed by atoms with van der Waals surface area (Å²) in [7, 11) is 1.98. The van der Waals surface area contributed by atoms with Gasteiger partial charge in [0.25, 0.3) is 0 Å². The molecule has 0 amide bonds. The lowest BCUT2D eigenvalue weighted by Gasteiger charge is -2.28. The van der Waals surface area contributed by atoms with Crippen LogP contribution in [0.4, 0.5) is 0 Å². The maximum Gasteiger partial charge on any atom is 0.0448 e. The van der Waals surface area contributed by atoms with E-state index >= 15 is 0 Å². The Balaban J connectivity index is 2.29. The predicted molar refractivity (Wildman–Crippen MR) is 46.5 cm³/mol. The predicted octanol–water partition coefficient (Wildman–Crippen LogP) is 1.15. The van der Waals surface area contributed by atoms with Crippen LogP contribution in [0.3, 0.4) is 0 Å². The van der Waals surface area contributed by atoms with E-state index < -0.39 is 0 Å². The zero-order valence-electron chi connectivity index (χ0n) is 7.56. The van der Waals surface area contributed by atoms with Crippen LogP contribution in [0.5, 0.6) is 0 Å². The van der Waals surface area contributed by atoms with Gasteiger partial charge in [-0.3, -0.25) is 0 Å². The summed E-state index contributed by atoms with van der Waals surface area (Å²) < 4.78 is 0. The first-order chi connectivity index (χ1) is 5.20. The van der Waals surface area contributed by atoms with Crippen molar-refractivity contribution >= 4 is 0 Å². The minimum Gasteiger partial charge on any atom is -0.396 e. The summed E-state index contributed by atoms with van der Waals surface area (Å²) >= 11 is 0. The van der Waals surface area contributed by atoms with Crippen molar-refractivity contribution in [3.8, 4) is 0 Å². The van der Waals surface area contributed by atoms with Crippen molar-refractivity contribution in [2.45, 2.75) is 38.1 Å². The lowest BCUT2D eigenvalue weighted by Crippen LogP contribution is -2.41. The molecule has 0 aromatic rings. The number of aliphatic hydroxyl groups is 1. The maximum absolute atomic E-state index is 8.83. The molecule has 0 saturated heterocycles. The molecule has 2 nitrogen and oxygen atoms in total. The molecule has 0 heterocycles. The van der Waals surface area contributed by atoms with Gasteiger partial charge in [-0.2, -0.15) is 0 Å². The van der Waals surface area contributed by atoms with E-state index in [-0.39, 0.29) is 5.54 Å². The minimum absolute atomic E-state index is 0.177. The Morgan fingerprint density at radius 1 is 1.55 bits per heavy atom. The molecule has 2 N–H and O–H groups in total. The second-order valence-corrected chi connectivity index (χ2v) is 3.93. The van der Waals surface area contributed by atoms with Crippen LogP contribution in [-0.2, 0) is 0 Å². The Morgan fingerprint density at radius 3 is 2.55 bits per heavy atom. The fourth-order valence-electron chi connectivity index (χ4n) is 1.53. The lowest BCUT2D eigenvalue weighted by molar-refractivity contribution is 0.214. The molecule has 1 aliphatic rings. The second kappa shape index (κ2) is 3.55. The summed E-state index contributed by atoms with van der Waals surface area (Å²) in [5.41, 5.74) is 0.177. The van der Waals surface area contributed by atoms with Gasteiger partial charge in [-0.15, -0.1) is 0 Å². The van der Waals surface area contributed by atoms with Gasteiger partial charge in [-0.25, -0.2) is 0 Å². The van der Waals surface area contributed by atoms with Gasteiger partial charge < -0.3 is 10.4 Å². The van der Waals surface area contributed by atoms with Crippen LogP contribution in [0.1, 0.15) is 32.6 Å². The van der Waals surface area contributed by atoms with Gasteiger partial charge in [0.15, 0.2) is 0 Å². The van der Waals surface area contributed by atoms with Crippen LogP contribution in [0.25, 0.3) is 0 Å². The number of nitrogens with one attached hydrogen (secondary N) is 1. The van der Waals surface area contributed by atoms with Crippen LogP contribution in [0, 0.1) is 5.92 Å². The summed E-state index contributed by atoms with van der Waals surface area (Å²) in [6.07, 6.45) is 4.88. The molecule has 66 valence electrons. The summed E-state index contributed by atoms with van der Waals surface area (Å²) in [6, 6.07) is 0. The zero-order chi connectivity index (χ0) is 8.32.